The van der Waals surface area contributed by atoms with E-state index in [0.29, 0.717) is 5.17 Å². The van der Waals surface area contributed by atoms with Gasteiger partial charge in [0.05, 0.1) is 29.3 Å². The normalized spacial score (nSPS) is 21.9. The second-order valence-corrected chi connectivity index (χ2v) is 10.8. The number of carbonyl (C=O) groups excluding carboxylic acids is 1. The fourth-order valence-corrected chi connectivity index (χ4v) is 6.67. The molecule has 0 saturated carbocycles. The molecule has 30 heavy (non-hydrogen) atoms. The van der Waals surface area contributed by atoms with Crippen LogP contribution in [0, 0.1) is 6.92 Å². The van der Waals surface area contributed by atoms with Crippen molar-refractivity contribution in [3.63, 3.8) is 0 Å². The van der Waals surface area contributed by atoms with E-state index in [2.05, 4.69) is 17.2 Å². The van der Waals surface area contributed by atoms with Gasteiger partial charge in [-0.3, -0.25) is 9.79 Å². The van der Waals surface area contributed by atoms with Gasteiger partial charge in [0.2, 0.25) is 5.91 Å². The minimum absolute atomic E-state index is 0.0696. The maximum Gasteiger partial charge on any atom is 0.234 e. The van der Waals surface area contributed by atoms with Crippen molar-refractivity contribution in [2.45, 2.75) is 32.4 Å². The van der Waals surface area contributed by atoms with Gasteiger partial charge in [0.25, 0.3) is 0 Å². The van der Waals surface area contributed by atoms with Gasteiger partial charge in [0.15, 0.2) is 15.0 Å². The number of anilines is 2. The minimum Gasteiger partial charge on any atom is -0.325 e. The van der Waals surface area contributed by atoms with Crippen molar-refractivity contribution in [2.75, 3.05) is 27.5 Å². The minimum atomic E-state index is -3.09. The molecule has 2 aliphatic rings. The van der Waals surface area contributed by atoms with Crippen molar-refractivity contribution in [1.29, 1.82) is 0 Å². The summed E-state index contributed by atoms with van der Waals surface area (Å²) in [6.07, 6.45) is 0.843. The maximum atomic E-state index is 12.6. The number of nitrogens with one attached hydrogen (secondary N) is 1. The Balaban J connectivity index is 1.50. The average Bonchev–Trinajstić information content (AvgIpc) is 3.18. The van der Waals surface area contributed by atoms with Crippen LogP contribution in [0.3, 0.4) is 0 Å². The molecule has 8 heteroatoms. The zero-order chi connectivity index (χ0) is 21.3. The van der Waals surface area contributed by atoms with E-state index in [1.807, 2.05) is 60.4 Å². The van der Waals surface area contributed by atoms with Gasteiger partial charge < -0.3 is 10.2 Å². The molecule has 1 amide bonds. The number of para-hydroxylation sites is 1. The van der Waals surface area contributed by atoms with Crippen LogP contribution in [-0.4, -0.2) is 48.8 Å². The third-order valence-corrected chi connectivity index (χ3v) is 8.09. The summed E-state index contributed by atoms with van der Waals surface area (Å²) in [7, 11) is -3.09. The molecule has 0 unspecified atom stereocenters. The Kier molecular flexibility index (Phi) is 5.88. The summed E-state index contributed by atoms with van der Waals surface area (Å²) in [5.41, 5.74) is 3.97. The molecule has 2 aliphatic heterocycles. The predicted molar refractivity (Wildman–Crippen MR) is 124 cm³/mol. The van der Waals surface area contributed by atoms with Crippen LogP contribution in [0.25, 0.3) is 0 Å². The van der Waals surface area contributed by atoms with Gasteiger partial charge in [-0.05, 0) is 37.1 Å². The number of amides is 1. The summed E-state index contributed by atoms with van der Waals surface area (Å²) in [6.45, 7) is 4.07. The van der Waals surface area contributed by atoms with Gasteiger partial charge in [0.1, 0.15) is 0 Å². The van der Waals surface area contributed by atoms with Crippen LogP contribution in [0.2, 0.25) is 0 Å². The van der Waals surface area contributed by atoms with Gasteiger partial charge in [-0.15, -0.1) is 0 Å². The van der Waals surface area contributed by atoms with Crippen LogP contribution >= 0.6 is 11.8 Å². The van der Waals surface area contributed by atoms with E-state index in [-0.39, 0.29) is 35.2 Å². The number of benzene rings is 2. The molecule has 0 aliphatic carbocycles. The van der Waals surface area contributed by atoms with Gasteiger partial charge in [-0.25, -0.2) is 8.42 Å². The van der Waals surface area contributed by atoms with Crippen LogP contribution < -0.4 is 10.2 Å². The Morgan fingerprint density at radius 3 is 2.63 bits per heavy atom. The molecular weight excluding hydrogens is 418 g/mol. The zero-order valence-electron chi connectivity index (χ0n) is 17.0. The predicted octanol–water partition coefficient (Wildman–Crippen LogP) is 3.27. The van der Waals surface area contributed by atoms with E-state index in [1.165, 1.54) is 11.8 Å². The average molecular weight is 444 g/mol. The molecule has 2 atom stereocenters. The third-order valence-electron chi connectivity index (χ3n) is 5.42. The van der Waals surface area contributed by atoms with Crippen molar-refractivity contribution < 1.29 is 13.2 Å². The highest BCUT2D eigenvalue weighted by atomic mass is 32.2. The quantitative estimate of drug-likeness (QED) is 0.767. The molecule has 158 valence electrons. The number of sulfone groups is 1. The molecule has 0 bridgehead atoms. The Labute approximate surface area is 181 Å². The van der Waals surface area contributed by atoms with Gasteiger partial charge in [0, 0.05) is 11.4 Å². The van der Waals surface area contributed by atoms with Crippen molar-refractivity contribution in [2.24, 2.45) is 4.99 Å². The van der Waals surface area contributed by atoms with Crippen LogP contribution in [0.4, 0.5) is 11.4 Å². The number of hydrogen-bond donors (Lipinski definition) is 1. The third kappa shape index (κ3) is 4.39. The molecule has 6 nitrogen and oxygen atoms in total. The Bertz CT molecular complexity index is 1080. The first-order chi connectivity index (χ1) is 14.4. The molecule has 1 fully saturated rings. The molecule has 1 saturated heterocycles. The number of aryl methyl sites for hydroxylation is 2. The topological polar surface area (TPSA) is 78.8 Å². The van der Waals surface area contributed by atoms with E-state index in [4.69, 9.17) is 0 Å². The number of aliphatic imine (C=N–C) groups is 1. The highest BCUT2D eigenvalue weighted by molar-refractivity contribution is 8.14. The summed E-state index contributed by atoms with van der Waals surface area (Å²) in [4.78, 5) is 19.3. The molecule has 0 spiro atoms. The Hall–Kier alpha value is -2.32. The molecular formula is C22H25N3O3S2. The van der Waals surface area contributed by atoms with Gasteiger partial charge in [-0.1, -0.05) is 54.6 Å². The molecule has 4 rings (SSSR count). The van der Waals surface area contributed by atoms with Crippen molar-refractivity contribution in [1.82, 2.24) is 0 Å². The van der Waals surface area contributed by atoms with Crippen LogP contribution in [0.15, 0.2) is 53.5 Å². The summed E-state index contributed by atoms with van der Waals surface area (Å²) >= 11 is 1.36. The SMILES string of the molecule is CCc1ccccc1NC(=O)CSC1=N[C@@H]2CS(=O)(=O)C[C@H]2N1c1ccc(C)cc1. The summed E-state index contributed by atoms with van der Waals surface area (Å²) < 4.78 is 24.3. The smallest absolute Gasteiger partial charge is 0.234 e. The largest absolute Gasteiger partial charge is 0.325 e. The van der Waals surface area contributed by atoms with Crippen LogP contribution in [0.1, 0.15) is 18.1 Å². The van der Waals surface area contributed by atoms with Crippen molar-refractivity contribution in [3.05, 3.63) is 59.7 Å². The highest BCUT2D eigenvalue weighted by Gasteiger charge is 2.47. The lowest BCUT2D eigenvalue weighted by molar-refractivity contribution is -0.113. The molecule has 2 aromatic rings. The van der Waals surface area contributed by atoms with E-state index in [0.717, 1.165) is 28.9 Å². The second-order valence-electron chi connectivity index (χ2n) is 7.68. The number of rotatable bonds is 5. The van der Waals surface area contributed by atoms with E-state index in [1.54, 1.807) is 0 Å². The number of amidine groups is 1. The van der Waals surface area contributed by atoms with Gasteiger partial charge in [-0.2, -0.15) is 0 Å². The first-order valence-electron chi connectivity index (χ1n) is 10.0. The lowest BCUT2D eigenvalue weighted by atomic mass is 10.1. The number of thioether (sulfide) groups is 1. The van der Waals surface area contributed by atoms with E-state index >= 15 is 0 Å². The summed E-state index contributed by atoms with van der Waals surface area (Å²) in [6, 6.07) is 15.3. The fourth-order valence-electron chi connectivity index (χ4n) is 3.91. The molecule has 0 aromatic heterocycles. The highest BCUT2D eigenvalue weighted by Crippen LogP contribution is 2.35. The van der Waals surface area contributed by atoms with Crippen LogP contribution in [0.5, 0.6) is 0 Å². The van der Waals surface area contributed by atoms with E-state index < -0.39 is 9.84 Å². The first-order valence-corrected chi connectivity index (χ1v) is 12.8. The monoisotopic (exact) mass is 443 g/mol. The second kappa shape index (κ2) is 8.43. The number of hydrogen-bond acceptors (Lipinski definition) is 6. The molecule has 2 aromatic carbocycles. The summed E-state index contributed by atoms with van der Waals surface area (Å²) in [5, 5.41) is 3.69. The lowest BCUT2D eigenvalue weighted by Gasteiger charge is -2.26. The fraction of sp³-hybridized carbons (Fsp3) is 0.364. The Morgan fingerprint density at radius 2 is 1.90 bits per heavy atom. The standard InChI is InChI=1S/C22H25N3O3S2/c1-3-16-6-4-5-7-18(16)23-21(26)12-29-22-24-19-13-30(27,28)14-20(19)25(22)17-10-8-15(2)9-11-17/h4-11,19-20H,3,12-14H2,1-2H3,(H,23,26)/t19-,20-/m1/s1. The maximum absolute atomic E-state index is 12.6. The first kappa shape index (κ1) is 20.9. The summed E-state index contributed by atoms with van der Waals surface area (Å²) in [5.74, 6) is 0.276. The zero-order valence-corrected chi connectivity index (χ0v) is 18.7. The van der Waals surface area contributed by atoms with Crippen LogP contribution in [-0.2, 0) is 21.1 Å². The Morgan fingerprint density at radius 1 is 1.17 bits per heavy atom. The van der Waals surface area contributed by atoms with Crippen molar-refractivity contribution in [3.8, 4) is 0 Å². The lowest BCUT2D eigenvalue weighted by Crippen LogP contribution is -2.39. The molecule has 2 heterocycles. The number of nitrogens with zero attached hydrogens (tertiary/aromatic N) is 2. The van der Waals surface area contributed by atoms with Crippen molar-refractivity contribution >= 4 is 44.0 Å². The molecule has 1 N–H and O–H groups in total. The number of carbonyl (C=O) groups is 1. The van der Waals surface area contributed by atoms with Gasteiger partial charge >= 0.3 is 0 Å². The molecule has 0 radical (unpaired) electrons. The number of fused-ring (bicyclic) bond motifs is 1. The van der Waals surface area contributed by atoms with E-state index in [9.17, 15) is 13.2 Å².